The number of aryl methyl sites for hydroxylation is 1. The maximum Gasteiger partial charge on any atom is 0.299 e. The van der Waals surface area contributed by atoms with Gasteiger partial charge in [-0.25, -0.2) is 4.98 Å². The number of rotatable bonds is 3. The van der Waals surface area contributed by atoms with E-state index in [-0.39, 0.29) is 0 Å². The number of nitrogens with two attached hydrogens (primary N) is 2. The number of nitrogens with one attached hydrogen (secondary N) is 1. The summed E-state index contributed by atoms with van der Waals surface area (Å²) in [5.41, 5.74) is 15.3. The Hall–Kier alpha value is -3.02. The lowest BCUT2D eigenvalue weighted by atomic mass is 10.1. The van der Waals surface area contributed by atoms with Gasteiger partial charge in [0, 0.05) is 23.6 Å². The number of aromatic nitrogens is 2. The van der Waals surface area contributed by atoms with E-state index in [1.807, 2.05) is 25.1 Å². The largest absolute Gasteiger partial charge is 0.423 e. The van der Waals surface area contributed by atoms with E-state index < -0.39 is 0 Å². The summed E-state index contributed by atoms with van der Waals surface area (Å²) < 4.78 is 5.68. The third kappa shape index (κ3) is 2.64. The molecule has 0 atom stereocenters. The first-order chi connectivity index (χ1) is 10.1. The summed E-state index contributed by atoms with van der Waals surface area (Å²) >= 11 is 0. The topological polar surface area (TPSA) is 103 Å². The highest BCUT2D eigenvalue weighted by Gasteiger charge is 2.09. The SMILES string of the molecule is Cc1cc(N)c(N)cc1Nc1ncc(-c2ccncc2)o1. The van der Waals surface area contributed by atoms with Crippen LogP contribution in [0.2, 0.25) is 0 Å². The van der Waals surface area contributed by atoms with Crippen LogP contribution >= 0.6 is 0 Å². The fraction of sp³-hybridized carbons (Fsp3) is 0.0667. The smallest absolute Gasteiger partial charge is 0.299 e. The molecule has 106 valence electrons. The third-order valence-corrected chi connectivity index (χ3v) is 3.14. The number of benzene rings is 1. The summed E-state index contributed by atoms with van der Waals surface area (Å²) in [5.74, 6) is 0.668. The molecule has 0 amide bonds. The fourth-order valence-corrected chi connectivity index (χ4v) is 1.98. The first-order valence-corrected chi connectivity index (χ1v) is 6.42. The molecule has 21 heavy (non-hydrogen) atoms. The highest BCUT2D eigenvalue weighted by Crippen LogP contribution is 2.28. The Morgan fingerprint density at radius 3 is 2.57 bits per heavy atom. The van der Waals surface area contributed by atoms with Crippen LogP contribution in [-0.2, 0) is 0 Å². The second kappa shape index (κ2) is 5.16. The minimum absolute atomic E-state index is 0.397. The van der Waals surface area contributed by atoms with Crippen molar-refractivity contribution < 1.29 is 4.42 Å². The summed E-state index contributed by atoms with van der Waals surface area (Å²) in [6.07, 6.45) is 5.07. The van der Waals surface area contributed by atoms with Crippen LogP contribution in [0.25, 0.3) is 11.3 Å². The molecule has 3 rings (SSSR count). The molecule has 6 nitrogen and oxygen atoms in total. The predicted octanol–water partition coefficient (Wildman–Crippen LogP) is 2.95. The zero-order chi connectivity index (χ0) is 14.8. The van der Waals surface area contributed by atoms with Gasteiger partial charge in [-0.2, -0.15) is 0 Å². The molecule has 2 heterocycles. The first-order valence-electron chi connectivity index (χ1n) is 6.42. The molecule has 6 heteroatoms. The van der Waals surface area contributed by atoms with Gasteiger partial charge in [0.05, 0.1) is 17.6 Å². The first kappa shape index (κ1) is 13.0. The molecular formula is C15H15N5O. The van der Waals surface area contributed by atoms with Gasteiger partial charge in [0.15, 0.2) is 5.76 Å². The molecule has 0 saturated carbocycles. The Morgan fingerprint density at radius 1 is 1.10 bits per heavy atom. The number of hydrogen-bond acceptors (Lipinski definition) is 6. The minimum atomic E-state index is 0.397. The van der Waals surface area contributed by atoms with Gasteiger partial charge in [0.1, 0.15) is 0 Å². The van der Waals surface area contributed by atoms with Crippen molar-refractivity contribution in [3.05, 3.63) is 48.4 Å². The second-order valence-electron chi connectivity index (χ2n) is 4.69. The van der Waals surface area contributed by atoms with E-state index in [9.17, 15) is 0 Å². The Bertz CT molecular complexity index is 767. The molecule has 5 N–H and O–H groups in total. The molecule has 0 aliphatic rings. The Kier molecular flexibility index (Phi) is 3.19. The van der Waals surface area contributed by atoms with Crippen molar-refractivity contribution in [2.75, 3.05) is 16.8 Å². The molecule has 1 aromatic carbocycles. The van der Waals surface area contributed by atoms with Gasteiger partial charge in [-0.05, 0) is 36.8 Å². The normalized spacial score (nSPS) is 10.5. The Morgan fingerprint density at radius 2 is 1.81 bits per heavy atom. The number of oxazole rings is 1. The molecule has 0 spiro atoms. The maximum absolute atomic E-state index is 5.82. The third-order valence-electron chi connectivity index (χ3n) is 3.14. The number of anilines is 4. The van der Waals surface area contributed by atoms with E-state index in [1.54, 1.807) is 24.7 Å². The van der Waals surface area contributed by atoms with Crippen molar-refractivity contribution in [1.82, 2.24) is 9.97 Å². The lowest BCUT2D eigenvalue weighted by molar-refractivity contribution is 0.592. The Balaban J connectivity index is 1.87. The molecular weight excluding hydrogens is 266 g/mol. The van der Waals surface area contributed by atoms with Crippen molar-refractivity contribution in [3.8, 4) is 11.3 Å². The Labute approximate surface area is 121 Å². The van der Waals surface area contributed by atoms with Gasteiger partial charge in [0.25, 0.3) is 6.01 Å². The molecule has 0 unspecified atom stereocenters. The molecule has 3 aromatic rings. The second-order valence-corrected chi connectivity index (χ2v) is 4.69. The molecule has 0 fully saturated rings. The number of pyridine rings is 1. The summed E-state index contributed by atoms with van der Waals surface area (Å²) in [6, 6.07) is 7.69. The standard InChI is InChI=1S/C15H15N5O/c1-9-6-11(16)12(17)7-13(9)20-15-19-8-14(21-15)10-2-4-18-5-3-10/h2-8H,16-17H2,1H3,(H,19,20). The summed E-state index contributed by atoms with van der Waals surface area (Å²) in [4.78, 5) is 8.18. The van der Waals surface area contributed by atoms with Crippen LogP contribution in [0.1, 0.15) is 5.56 Å². The van der Waals surface area contributed by atoms with Crippen LogP contribution in [0, 0.1) is 6.92 Å². The average Bonchev–Trinajstić information content (AvgIpc) is 2.94. The van der Waals surface area contributed by atoms with Gasteiger partial charge in [-0.3, -0.25) is 4.98 Å². The van der Waals surface area contributed by atoms with Gasteiger partial charge >= 0.3 is 0 Å². The van der Waals surface area contributed by atoms with Crippen LogP contribution < -0.4 is 16.8 Å². The summed E-state index contributed by atoms with van der Waals surface area (Å²) in [6.45, 7) is 1.94. The van der Waals surface area contributed by atoms with Gasteiger partial charge < -0.3 is 21.2 Å². The fourth-order valence-electron chi connectivity index (χ4n) is 1.98. The van der Waals surface area contributed by atoms with Crippen molar-refractivity contribution in [3.63, 3.8) is 0 Å². The maximum atomic E-state index is 5.82. The lowest BCUT2D eigenvalue weighted by Gasteiger charge is -2.09. The predicted molar refractivity (Wildman–Crippen MR) is 83.0 cm³/mol. The summed E-state index contributed by atoms with van der Waals surface area (Å²) in [5, 5.41) is 3.10. The van der Waals surface area contributed by atoms with E-state index in [0.29, 0.717) is 23.1 Å². The van der Waals surface area contributed by atoms with Crippen LogP contribution in [0.3, 0.4) is 0 Å². The highest BCUT2D eigenvalue weighted by atomic mass is 16.4. The minimum Gasteiger partial charge on any atom is -0.423 e. The van der Waals surface area contributed by atoms with Crippen molar-refractivity contribution in [2.24, 2.45) is 0 Å². The quantitative estimate of drug-likeness (QED) is 0.638. The van der Waals surface area contributed by atoms with E-state index in [1.165, 1.54) is 0 Å². The van der Waals surface area contributed by atoms with Crippen LogP contribution in [0.4, 0.5) is 23.1 Å². The van der Waals surface area contributed by atoms with Gasteiger partial charge in [-0.15, -0.1) is 0 Å². The van der Waals surface area contributed by atoms with Crippen molar-refractivity contribution >= 4 is 23.1 Å². The zero-order valence-corrected chi connectivity index (χ0v) is 11.5. The summed E-state index contributed by atoms with van der Waals surface area (Å²) in [7, 11) is 0. The van der Waals surface area contributed by atoms with Crippen LogP contribution in [0.5, 0.6) is 0 Å². The highest BCUT2D eigenvalue weighted by molar-refractivity contribution is 5.74. The van der Waals surface area contributed by atoms with Gasteiger partial charge in [-0.1, -0.05) is 0 Å². The average molecular weight is 281 g/mol. The molecule has 0 bridgehead atoms. The van der Waals surface area contributed by atoms with Crippen molar-refractivity contribution in [2.45, 2.75) is 6.92 Å². The van der Waals surface area contributed by atoms with Crippen LogP contribution in [0.15, 0.2) is 47.3 Å². The van der Waals surface area contributed by atoms with Gasteiger partial charge in [0.2, 0.25) is 0 Å². The lowest BCUT2D eigenvalue weighted by Crippen LogP contribution is -1.99. The van der Waals surface area contributed by atoms with E-state index in [2.05, 4.69) is 15.3 Å². The molecule has 2 aromatic heterocycles. The van der Waals surface area contributed by atoms with Crippen LogP contribution in [-0.4, -0.2) is 9.97 Å². The monoisotopic (exact) mass is 281 g/mol. The number of nitrogens with zero attached hydrogens (tertiary/aromatic N) is 2. The number of hydrogen-bond donors (Lipinski definition) is 3. The van der Waals surface area contributed by atoms with Crippen molar-refractivity contribution in [1.29, 1.82) is 0 Å². The molecule has 0 saturated heterocycles. The molecule has 0 radical (unpaired) electrons. The zero-order valence-electron chi connectivity index (χ0n) is 11.5. The molecule has 0 aliphatic carbocycles. The van der Waals surface area contributed by atoms with E-state index in [4.69, 9.17) is 15.9 Å². The van der Waals surface area contributed by atoms with E-state index >= 15 is 0 Å². The molecule has 0 aliphatic heterocycles. The number of nitrogen functional groups attached to an aromatic ring is 2. The van der Waals surface area contributed by atoms with E-state index in [0.717, 1.165) is 16.8 Å².